The Balaban J connectivity index is 1.63. The zero-order valence-electron chi connectivity index (χ0n) is 15.3. The van der Waals surface area contributed by atoms with E-state index in [2.05, 4.69) is 18.0 Å². The van der Waals surface area contributed by atoms with Crippen LogP contribution >= 0.6 is 11.3 Å². The number of fused-ring (bicyclic) bond motifs is 2. The van der Waals surface area contributed by atoms with Gasteiger partial charge >= 0.3 is 0 Å². The smallest absolute Gasteiger partial charge is 0.277 e. The van der Waals surface area contributed by atoms with Crippen molar-refractivity contribution in [3.8, 4) is 0 Å². The lowest BCUT2D eigenvalue weighted by atomic mass is 9.74. The molecule has 2 aliphatic rings. The second-order valence-electron chi connectivity index (χ2n) is 7.39. The molecule has 0 bridgehead atoms. The Morgan fingerprint density at radius 1 is 1.30 bits per heavy atom. The molecule has 0 radical (unpaired) electrons. The molecule has 4 rings (SSSR count). The number of aryl methyl sites for hydroxylation is 1. The Morgan fingerprint density at radius 3 is 2.74 bits per heavy atom. The van der Waals surface area contributed by atoms with Crippen LogP contribution < -0.4 is 4.90 Å². The summed E-state index contributed by atoms with van der Waals surface area (Å²) in [6.07, 6.45) is 1.52. The number of alkyl halides is 1. The number of anilines is 1. The Morgan fingerprint density at radius 2 is 2.07 bits per heavy atom. The lowest BCUT2D eigenvalue weighted by Gasteiger charge is -2.40. The van der Waals surface area contributed by atoms with Crippen molar-refractivity contribution in [1.82, 2.24) is 9.88 Å². The van der Waals surface area contributed by atoms with Crippen LogP contribution in [-0.2, 0) is 10.2 Å². The zero-order valence-corrected chi connectivity index (χ0v) is 16.1. The number of halogens is 1. The first kappa shape index (κ1) is 18.1. The van der Waals surface area contributed by atoms with E-state index < -0.39 is 6.67 Å². The molecule has 2 aliphatic heterocycles. The molecule has 27 heavy (non-hydrogen) atoms. The van der Waals surface area contributed by atoms with Gasteiger partial charge in [0.15, 0.2) is 0 Å². The predicted octanol–water partition coefficient (Wildman–Crippen LogP) is 3.33. The van der Waals surface area contributed by atoms with Crippen molar-refractivity contribution in [1.29, 1.82) is 0 Å². The lowest BCUT2D eigenvalue weighted by Crippen LogP contribution is -2.48. The van der Waals surface area contributed by atoms with Crippen LogP contribution in [0.25, 0.3) is 0 Å². The molecule has 1 spiro atoms. The summed E-state index contributed by atoms with van der Waals surface area (Å²) in [6, 6.07) is 6.21. The van der Waals surface area contributed by atoms with Gasteiger partial charge in [-0.3, -0.25) is 14.0 Å². The largest absolute Gasteiger partial charge is 0.343 e. The third-order valence-corrected chi connectivity index (χ3v) is 6.34. The standard InChI is InChI=1S/C20H22FN3O2S/c1-14-2-3-17-15(10-14)20(5-8-23(9-6-20)18(25)4-7-21)12-24(17)19(26)16-11-27-13-22-16/h2-3,10-11,13H,4-9,12H2,1H3. The van der Waals surface area contributed by atoms with Crippen molar-refractivity contribution >= 4 is 28.8 Å². The SMILES string of the molecule is Cc1ccc2c(c1)C1(CCN(C(=O)CCF)CC1)CN2C(=O)c1cscn1. The zero-order chi connectivity index (χ0) is 19.0. The molecule has 2 aromatic rings. The fraction of sp³-hybridized carbons (Fsp3) is 0.450. The molecule has 1 aromatic carbocycles. The summed E-state index contributed by atoms with van der Waals surface area (Å²) in [4.78, 5) is 32.8. The van der Waals surface area contributed by atoms with Gasteiger partial charge in [-0.1, -0.05) is 17.7 Å². The molecule has 1 fully saturated rings. The molecule has 0 saturated carbocycles. The van der Waals surface area contributed by atoms with Crippen LogP contribution in [0.5, 0.6) is 0 Å². The van der Waals surface area contributed by atoms with Crippen molar-refractivity contribution in [2.45, 2.75) is 31.6 Å². The van der Waals surface area contributed by atoms with Crippen molar-refractivity contribution in [3.05, 3.63) is 45.9 Å². The monoisotopic (exact) mass is 387 g/mol. The number of nitrogens with zero attached hydrogens (tertiary/aromatic N) is 3. The Hall–Kier alpha value is -2.28. The van der Waals surface area contributed by atoms with Gasteiger partial charge in [0.25, 0.3) is 5.91 Å². The van der Waals surface area contributed by atoms with Gasteiger partial charge in [-0.25, -0.2) is 4.98 Å². The van der Waals surface area contributed by atoms with Gasteiger partial charge < -0.3 is 9.80 Å². The fourth-order valence-corrected chi connectivity index (χ4v) is 4.80. The number of hydrogen-bond acceptors (Lipinski definition) is 4. The highest BCUT2D eigenvalue weighted by atomic mass is 32.1. The molecule has 2 amide bonds. The molecule has 7 heteroatoms. The molecule has 0 unspecified atom stereocenters. The number of rotatable bonds is 3. The Bertz CT molecular complexity index is 860. The van der Waals surface area contributed by atoms with Crippen molar-refractivity contribution < 1.29 is 14.0 Å². The minimum absolute atomic E-state index is 0.0445. The number of carbonyl (C=O) groups is 2. The van der Waals surface area contributed by atoms with E-state index in [1.165, 1.54) is 16.9 Å². The van der Waals surface area contributed by atoms with E-state index >= 15 is 0 Å². The van der Waals surface area contributed by atoms with Crippen molar-refractivity contribution in [3.63, 3.8) is 0 Å². The first-order chi connectivity index (χ1) is 13.0. The summed E-state index contributed by atoms with van der Waals surface area (Å²) in [5.74, 6) is -0.195. The minimum Gasteiger partial charge on any atom is -0.343 e. The highest BCUT2D eigenvalue weighted by molar-refractivity contribution is 7.07. The summed E-state index contributed by atoms with van der Waals surface area (Å²) >= 11 is 1.41. The third-order valence-electron chi connectivity index (χ3n) is 5.75. The quantitative estimate of drug-likeness (QED) is 0.812. The maximum absolute atomic E-state index is 13.0. The highest BCUT2D eigenvalue weighted by Crippen LogP contribution is 2.47. The average molecular weight is 387 g/mol. The van der Waals surface area contributed by atoms with Crippen LogP contribution in [0, 0.1) is 6.92 Å². The summed E-state index contributed by atoms with van der Waals surface area (Å²) in [6.45, 7) is 3.25. The summed E-state index contributed by atoms with van der Waals surface area (Å²) < 4.78 is 12.5. The van der Waals surface area contributed by atoms with E-state index in [1.807, 2.05) is 17.0 Å². The summed E-state index contributed by atoms with van der Waals surface area (Å²) in [5, 5.41) is 1.78. The van der Waals surface area contributed by atoms with Gasteiger partial charge in [0, 0.05) is 36.1 Å². The highest BCUT2D eigenvalue weighted by Gasteiger charge is 2.47. The van der Waals surface area contributed by atoms with Gasteiger partial charge in [0.2, 0.25) is 5.91 Å². The third kappa shape index (κ3) is 3.14. The van der Waals surface area contributed by atoms with Crippen LogP contribution in [0.4, 0.5) is 10.1 Å². The lowest BCUT2D eigenvalue weighted by molar-refractivity contribution is -0.133. The minimum atomic E-state index is -0.613. The molecule has 3 heterocycles. The average Bonchev–Trinajstić information content (AvgIpc) is 3.30. The normalized spacial score (nSPS) is 18.0. The molecule has 0 N–H and O–H groups in total. The maximum Gasteiger partial charge on any atom is 0.277 e. The first-order valence-electron chi connectivity index (χ1n) is 9.19. The van der Waals surface area contributed by atoms with Crippen LogP contribution in [0.1, 0.15) is 40.9 Å². The Kier molecular flexibility index (Phi) is 4.72. The number of thiazole rings is 1. The number of carbonyl (C=O) groups excluding carboxylic acids is 2. The molecule has 1 aromatic heterocycles. The van der Waals surface area contributed by atoms with Crippen LogP contribution in [-0.4, -0.2) is 48.0 Å². The molecular formula is C20H22FN3O2S. The van der Waals surface area contributed by atoms with E-state index in [1.54, 1.807) is 15.8 Å². The molecule has 1 saturated heterocycles. The molecule has 142 valence electrons. The summed E-state index contributed by atoms with van der Waals surface area (Å²) in [5.41, 5.74) is 5.28. The molecule has 0 atom stereocenters. The van der Waals surface area contributed by atoms with Crippen molar-refractivity contribution in [2.24, 2.45) is 0 Å². The number of aromatic nitrogens is 1. The summed E-state index contributed by atoms with van der Waals surface area (Å²) in [7, 11) is 0. The molecular weight excluding hydrogens is 365 g/mol. The topological polar surface area (TPSA) is 53.5 Å². The predicted molar refractivity (Wildman–Crippen MR) is 103 cm³/mol. The van der Waals surface area contributed by atoms with E-state index in [4.69, 9.17) is 0 Å². The van der Waals surface area contributed by atoms with E-state index in [0.29, 0.717) is 25.3 Å². The number of hydrogen-bond donors (Lipinski definition) is 0. The fourth-order valence-electron chi connectivity index (χ4n) is 4.27. The van der Waals surface area contributed by atoms with E-state index in [0.717, 1.165) is 24.1 Å². The first-order valence-corrected chi connectivity index (χ1v) is 10.1. The second-order valence-corrected chi connectivity index (χ2v) is 8.10. The second kappa shape index (κ2) is 7.03. The van der Waals surface area contributed by atoms with E-state index in [9.17, 15) is 14.0 Å². The van der Waals surface area contributed by atoms with Gasteiger partial charge in [-0.05, 0) is 31.4 Å². The number of benzene rings is 1. The van der Waals surface area contributed by atoms with Gasteiger partial charge in [0.1, 0.15) is 5.69 Å². The molecule has 5 nitrogen and oxygen atoms in total. The number of likely N-dealkylation sites (tertiary alicyclic amines) is 1. The molecule has 0 aliphatic carbocycles. The van der Waals surface area contributed by atoms with Gasteiger partial charge in [0.05, 0.1) is 18.6 Å². The van der Waals surface area contributed by atoms with Gasteiger partial charge in [-0.2, -0.15) is 0 Å². The van der Waals surface area contributed by atoms with Gasteiger partial charge in [-0.15, -0.1) is 11.3 Å². The van der Waals surface area contributed by atoms with E-state index in [-0.39, 0.29) is 23.7 Å². The number of piperidine rings is 1. The van der Waals surface area contributed by atoms with Crippen molar-refractivity contribution in [2.75, 3.05) is 31.2 Å². The van der Waals surface area contributed by atoms with Crippen LogP contribution in [0.2, 0.25) is 0 Å². The van der Waals surface area contributed by atoms with Crippen LogP contribution in [0.15, 0.2) is 29.1 Å². The maximum atomic E-state index is 13.0. The van der Waals surface area contributed by atoms with Crippen LogP contribution in [0.3, 0.4) is 0 Å². The number of amides is 2. The Labute approximate surface area is 161 Å².